The maximum Gasteiger partial charge on any atom is 0.252 e. The number of likely N-dealkylation sites (tertiary alicyclic amines) is 2. The highest BCUT2D eigenvalue weighted by Gasteiger charge is 2.43. The molecule has 35 heavy (non-hydrogen) atoms. The molecule has 0 bridgehead atoms. The minimum atomic E-state index is -1.35. The van der Waals surface area contributed by atoms with Crippen LogP contribution < -0.4 is 10.4 Å². The van der Waals surface area contributed by atoms with Crippen molar-refractivity contribution in [3.05, 3.63) is 11.1 Å². The molecular formula is C16H20B3I3N4O6P3-. The average molecular weight is 870 g/mol. The largest absolute Gasteiger partial charge is 0.875 e. The third-order valence-corrected chi connectivity index (χ3v) is 12.5. The number of halogens is 3. The number of rotatable bonds is 11. The fourth-order valence-corrected chi connectivity index (χ4v) is 8.39. The van der Waals surface area contributed by atoms with Gasteiger partial charge in [0.2, 0.25) is 29.5 Å². The maximum atomic E-state index is 13.1. The van der Waals surface area contributed by atoms with Crippen LogP contribution in [0.4, 0.5) is 0 Å². The lowest BCUT2D eigenvalue weighted by atomic mass is 9.84. The first-order chi connectivity index (χ1) is 16.3. The molecule has 19 heteroatoms. The fourth-order valence-electron chi connectivity index (χ4n) is 3.42. The smallest absolute Gasteiger partial charge is 0.252 e. The standard InChI is InChI=1S/C16H21B3I3N4O6P3/c1-8(27)10(34(17)21)3-12(28)24(7-26-14(30)4-11(16(26)32)35(18)22)5-23-6-25-13(29)2-9(15(25)31)19(20)33/h9,11,23,27H,2-7,33H2,1H3/p-1/b10-8+. The van der Waals surface area contributed by atoms with Gasteiger partial charge in [0.25, 0.3) is 4.29 Å². The third kappa shape index (κ3) is 8.45. The second-order valence-electron chi connectivity index (χ2n) is 7.77. The zero-order chi connectivity index (χ0) is 26.6. The first-order valence-corrected chi connectivity index (χ1v) is 20.5. The van der Waals surface area contributed by atoms with Crippen LogP contribution >= 0.6 is 86.5 Å². The highest BCUT2D eigenvalue weighted by molar-refractivity contribution is 14.2. The van der Waals surface area contributed by atoms with E-state index in [1.165, 1.54) is 11.8 Å². The van der Waals surface area contributed by atoms with Gasteiger partial charge in [-0.1, -0.05) is 61.9 Å². The number of allylic oxidation sites excluding steroid dienone is 1. The molecule has 0 spiro atoms. The van der Waals surface area contributed by atoms with Crippen molar-refractivity contribution in [3.8, 4) is 0 Å². The van der Waals surface area contributed by atoms with E-state index in [-0.39, 0.29) is 66.4 Å². The van der Waals surface area contributed by atoms with Crippen LogP contribution in [0.25, 0.3) is 0 Å². The van der Waals surface area contributed by atoms with Crippen LogP contribution in [0.15, 0.2) is 11.1 Å². The summed E-state index contributed by atoms with van der Waals surface area (Å²) in [5.41, 5.74) is -3.18. The first kappa shape index (κ1) is 32.1. The van der Waals surface area contributed by atoms with Crippen molar-refractivity contribution in [2.24, 2.45) is 0 Å². The van der Waals surface area contributed by atoms with Crippen molar-refractivity contribution in [2.45, 2.75) is 37.7 Å². The number of amides is 5. The predicted molar refractivity (Wildman–Crippen MR) is 165 cm³/mol. The molecular weight excluding hydrogens is 850 g/mol. The van der Waals surface area contributed by atoms with Crippen LogP contribution in [-0.2, 0) is 24.0 Å². The van der Waals surface area contributed by atoms with E-state index in [1.54, 1.807) is 0 Å². The Hall–Kier alpha value is 0.925. The molecule has 1 N–H and O–H groups in total. The average Bonchev–Trinajstić information content (AvgIpc) is 3.20. The maximum absolute atomic E-state index is 13.1. The van der Waals surface area contributed by atoms with Crippen LogP contribution in [0.2, 0.25) is 5.82 Å². The number of carbonyl (C=O) groups excluding carboxylic acids is 5. The number of hydrogen-bond acceptors (Lipinski definition) is 7. The summed E-state index contributed by atoms with van der Waals surface area (Å²) in [6.45, 7) is 0.660. The second kappa shape index (κ2) is 14.3. The van der Waals surface area contributed by atoms with Crippen LogP contribution in [0.5, 0.6) is 0 Å². The van der Waals surface area contributed by atoms with Gasteiger partial charge in [0.15, 0.2) is 0 Å². The molecule has 0 aromatic rings. The lowest BCUT2D eigenvalue weighted by Gasteiger charge is -2.30. The van der Waals surface area contributed by atoms with E-state index in [4.69, 9.17) is 15.1 Å². The lowest BCUT2D eigenvalue weighted by molar-refractivity contribution is -0.302. The second-order valence-corrected chi connectivity index (χ2v) is 20.2. The van der Waals surface area contributed by atoms with Crippen molar-refractivity contribution in [1.82, 2.24) is 20.0 Å². The molecule has 4 radical (unpaired) electrons. The number of nitrogens with one attached hydrogen (secondary N) is 1. The summed E-state index contributed by atoms with van der Waals surface area (Å²) < 4.78 is -0.0989. The van der Waals surface area contributed by atoms with Crippen molar-refractivity contribution in [1.29, 1.82) is 0 Å². The molecule has 5 unspecified atom stereocenters. The quantitative estimate of drug-likeness (QED) is 0.0825. The topological polar surface area (TPSA) is 130 Å². The summed E-state index contributed by atoms with van der Waals surface area (Å²) in [5, 5.41) is 15.1. The number of nitrogens with zero attached hydrogens (tertiary/aromatic N) is 3. The van der Waals surface area contributed by atoms with E-state index in [9.17, 15) is 29.1 Å². The van der Waals surface area contributed by atoms with Crippen molar-refractivity contribution < 1.29 is 29.1 Å². The minimum Gasteiger partial charge on any atom is -0.875 e. The number of imide groups is 2. The molecule has 2 aliphatic heterocycles. The van der Waals surface area contributed by atoms with E-state index in [2.05, 4.69) is 36.8 Å². The van der Waals surface area contributed by atoms with Crippen molar-refractivity contribution in [3.63, 3.8) is 0 Å². The van der Waals surface area contributed by atoms with Gasteiger partial charge in [-0.15, -0.1) is 28.1 Å². The molecule has 2 rings (SSSR count). The molecule has 0 aliphatic carbocycles. The molecule has 2 heterocycles. The zero-order valence-corrected chi connectivity index (χ0v) is 27.9. The summed E-state index contributed by atoms with van der Waals surface area (Å²) in [6, 6.07) is 0. The Labute approximate surface area is 250 Å². The molecule has 0 aromatic heterocycles. The van der Waals surface area contributed by atoms with Crippen LogP contribution in [0.3, 0.4) is 0 Å². The van der Waals surface area contributed by atoms with Gasteiger partial charge in [0, 0.05) is 18.7 Å². The van der Waals surface area contributed by atoms with Gasteiger partial charge in [-0.25, -0.2) is 0 Å². The normalized spacial score (nSPS) is 23.0. The van der Waals surface area contributed by atoms with E-state index in [0.717, 1.165) is 9.80 Å². The first-order valence-electron chi connectivity index (χ1n) is 10.1. The highest BCUT2D eigenvalue weighted by Crippen LogP contribution is 2.51. The van der Waals surface area contributed by atoms with Gasteiger partial charge in [0.05, 0.1) is 25.4 Å². The summed E-state index contributed by atoms with van der Waals surface area (Å²) in [4.78, 5) is 66.4. The van der Waals surface area contributed by atoms with Gasteiger partial charge < -0.3 is 10.0 Å². The molecule has 186 valence electrons. The minimum absolute atomic E-state index is 0.0310. The van der Waals surface area contributed by atoms with Crippen molar-refractivity contribution in [2.75, 3.05) is 20.0 Å². The summed E-state index contributed by atoms with van der Waals surface area (Å²) in [5.74, 6) is -2.82. The summed E-state index contributed by atoms with van der Waals surface area (Å²) in [6.07, 6.45) is -0.203. The van der Waals surface area contributed by atoms with Crippen molar-refractivity contribution >= 4 is 135 Å². The summed E-state index contributed by atoms with van der Waals surface area (Å²) >= 11 is 5.90. The Kier molecular flexibility index (Phi) is 13.2. The molecule has 2 saturated heterocycles. The monoisotopic (exact) mass is 871 g/mol. The highest BCUT2D eigenvalue weighted by atomic mass is 127. The Morgan fingerprint density at radius 3 is 2.26 bits per heavy atom. The van der Waals surface area contributed by atoms with Gasteiger partial charge in [-0.05, 0) is 5.31 Å². The predicted octanol–water partition coefficient (Wildman–Crippen LogP) is 1.14. The molecule has 2 fully saturated rings. The van der Waals surface area contributed by atoms with E-state index in [0.29, 0.717) is 0 Å². The fraction of sp³-hybridized carbons (Fsp3) is 0.562. The van der Waals surface area contributed by atoms with Crippen LogP contribution in [0, 0.1) is 0 Å². The van der Waals surface area contributed by atoms with Crippen LogP contribution in [0.1, 0.15) is 26.2 Å². The van der Waals surface area contributed by atoms with Gasteiger partial charge in [0.1, 0.15) is 21.8 Å². The molecule has 10 nitrogen and oxygen atoms in total. The van der Waals surface area contributed by atoms with Gasteiger partial charge >= 0.3 is 0 Å². The van der Waals surface area contributed by atoms with Gasteiger partial charge in [-0.3, -0.25) is 39.1 Å². The Balaban J connectivity index is 2.16. The molecule has 5 atom stereocenters. The number of hydrogen-bond donors (Lipinski definition) is 1. The summed E-state index contributed by atoms with van der Waals surface area (Å²) in [7, 11) is 14.3. The Morgan fingerprint density at radius 2 is 1.80 bits per heavy atom. The Morgan fingerprint density at radius 1 is 1.20 bits per heavy atom. The van der Waals surface area contributed by atoms with E-state index >= 15 is 0 Å². The van der Waals surface area contributed by atoms with E-state index in [1.807, 2.05) is 44.1 Å². The molecule has 0 saturated carbocycles. The number of carbonyl (C=O) groups is 5. The molecule has 5 amide bonds. The molecule has 2 aliphatic rings. The zero-order valence-electron chi connectivity index (χ0n) is 18.5. The lowest BCUT2D eigenvalue weighted by Crippen LogP contribution is -2.50. The third-order valence-electron chi connectivity index (χ3n) is 5.40. The van der Waals surface area contributed by atoms with Gasteiger partial charge in [-0.2, -0.15) is 9.12 Å². The molecule has 0 aromatic carbocycles. The SMILES string of the molecule is [B]P(I)/C(CC(=O)N(CNCN1C(=O)CC(B(P)I)C1=O)CN1C(=O)CC(P([B])I)C1=O)=C(\C)[O-]. The van der Waals surface area contributed by atoms with E-state index < -0.39 is 40.1 Å². The Bertz CT molecular complexity index is 928. The van der Waals surface area contributed by atoms with Crippen LogP contribution in [-0.4, -0.2) is 89.3 Å².